The van der Waals surface area contributed by atoms with Crippen molar-refractivity contribution in [1.82, 2.24) is 14.8 Å². The van der Waals surface area contributed by atoms with Gasteiger partial charge in [0, 0.05) is 38.9 Å². The number of nitrogens with zero attached hydrogens (tertiary/aromatic N) is 3. The van der Waals surface area contributed by atoms with Crippen molar-refractivity contribution in [2.75, 3.05) is 32.8 Å². The molecular formula is C20H25N3O3. The Morgan fingerprint density at radius 2 is 2.08 bits per heavy atom. The van der Waals surface area contributed by atoms with Crippen LogP contribution in [0, 0.1) is 6.92 Å². The van der Waals surface area contributed by atoms with Crippen molar-refractivity contribution in [1.29, 1.82) is 0 Å². The molecule has 2 aliphatic rings. The molecule has 0 unspecified atom stereocenters. The van der Waals surface area contributed by atoms with Gasteiger partial charge in [0.05, 0.1) is 29.7 Å². The van der Waals surface area contributed by atoms with E-state index in [0.717, 1.165) is 57.9 Å². The summed E-state index contributed by atoms with van der Waals surface area (Å²) in [5, 5.41) is 0. The van der Waals surface area contributed by atoms with Crippen molar-refractivity contribution in [3.63, 3.8) is 0 Å². The van der Waals surface area contributed by atoms with Crippen LogP contribution in [0.15, 0.2) is 41.1 Å². The maximum atomic E-state index is 12.7. The summed E-state index contributed by atoms with van der Waals surface area (Å²) < 4.78 is 11.5. The minimum atomic E-state index is -0.144. The Bertz CT molecular complexity index is 751. The number of amides is 1. The fraction of sp³-hybridized carbons (Fsp3) is 0.500. The molecule has 138 valence electrons. The molecule has 0 radical (unpaired) electrons. The fourth-order valence-electron chi connectivity index (χ4n) is 3.98. The molecular weight excluding hydrogens is 330 g/mol. The van der Waals surface area contributed by atoms with Crippen LogP contribution in [0.5, 0.6) is 0 Å². The summed E-state index contributed by atoms with van der Waals surface area (Å²) in [5.74, 6) is 0.748. The van der Waals surface area contributed by atoms with Crippen LogP contribution in [0.4, 0.5) is 0 Å². The van der Waals surface area contributed by atoms with Crippen LogP contribution in [-0.4, -0.2) is 59.1 Å². The van der Waals surface area contributed by atoms with Gasteiger partial charge in [-0.1, -0.05) is 6.07 Å². The molecule has 4 heterocycles. The molecule has 0 aromatic carbocycles. The number of rotatable bonds is 3. The lowest BCUT2D eigenvalue weighted by molar-refractivity contribution is -0.134. The predicted octanol–water partition coefficient (Wildman–Crippen LogP) is 2.49. The highest BCUT2D eigenvalue weighted by Crippen LogP contribution is 2.31. The van der Waals surface area contributed by atoms with Gasteiger partial charge in [0.2, 0.25) is 0 Å². The molecule has 2 aliphatic heterocycles. The van der Waals surface area contributed by atoms with Crippen LogP contribution in [0.2, 0.25) is 0 Å². The monoisotopic (exact) mass is 355 g/mol. The molecule has 1 amide bonds. The highest BCUT2D eigenvalue weighted by atomic mass is 16.5. The van der Waals surface area contributed by atoms with Crippen LogP contribution < -0.4 is 0 Å². The Morgan fingerprint density at radius 1 is 1.23 bits per heavy atom. The van der Waals surface area contributed by atoms with E-state index in [2.05, 4.69) is 16.0 Å². The van der Waals surface area contributed by atoms with E-state index in [0.29, 0.717) is 11.3 Å². The Kier molecular flexibility index (Phi) is 4.78. The molecule has 0 N–H and O–H groups in total. The lowest BCUT2D eigenvalue weighted by Crippen LogP contribution is -2.57. The van der Waals surface area contributed by atoms with E-state index in [1.54, 1.807) is 12.3 Å². The normalized spacial score (nSPS) is 20.4. The first-order valence-electron chi connectivity index (χ1n) is 9.25. The standard InChI is InChI=1S/C20H25N3O3/c1-16-18(5-12-25-16)19(24)23-9-6-20(7-10-23)15-22(11-13-26-20)14-17-4-2-3-8-21-17/h2-5,8,12H,6-7,9-11,13-15H2,1H3. The van der Waals surface area contributed by atoms with E-state index in [4.69, 9.17) is 9.15 Å². The number of carbonyl (C=O) groups is 1. The molecule has 0 aliphatic carbocycles. The highest BCUT2D eigenvalue weighted by molar-refractivity contribution is 5.95. The second-order valence-electron chi connectivity index (χ2n) is 7.25. The number of hydrogen-bond acceptors (Lipinski definition) is 5. The number of hydrogen-bond donors (Lipinski definition) is 0. The van der Waals surface area contributed by atoms with Gasteiger partial charge in [0.25, 0.3) is 5.91 Å². The number of aryl methyl sites for hydroxylation is 1. The summed E-state index contributed by atoms with van der Waals surface area (Å²) in [5.41, 5.74) is 1.62. The van der Waals surface area contributed by atoms with Gasteiger partial charge in [-0.3, -0.25) is 14.7 Å². The minimum Gasteiger partial charge on any atom is -0.469 e. The second-order valence-corrected chi connectivity index (χ2v) is 7.25. The van der Waals surface area contributed by atoms with Crippen LogP contribution in [0.3, 0.4) is 0 Å². The summed E-state index contributed by atoms with van der Waals surface area (Å²) in [6.45, 7) is 6.69. The zero-order chi connectivity index (χ0) is 18.0. The Labute approximate surface area is 153 Å². The average molecular weight is 355 g/mol. The molecule has 0 bridgehead atoms. The van der Waals surface area contributed by atoms with E-state index in [-0.39, 0.29) is 11.5 Å². The van der Waals surface area contributed by atoms with Gasteiger partial charge in [-0.2, -0.15) is 0 Å². The zero-order valence-corrected chi connectivity index (χ0v) is 15.2. The molecule has 6 heteroatoms. The maximum Gasteiger partial charge on any atom is 0.257 e. The summed E-state index contributed by atoms with van der Waals surface area (Å²) in [4.78, 5) is 21.4. The molecule has 6 nitrogen and oxygen atoms in total. The lowest BCUT2D eigenvalue weighted by atomic mass is 9.89. The number of pyridine rings is 1. The Morgan fingerprint density at radius 3 is 2.77 bits per heavy atom. The molecule has 2 saturated heterocycles. The largest absolute Gasteiger partial charge is 0.469 e. The molecule has 0 saturated carbocycles. The average Bonchev–Trinajstić information content (AvgIpc) is 3.09. The lowest BCUT2D eigenvalue weighted by Gasteiger charge is -2.47. The van der Waals surface area contributed by atoms with Crippen LogP contribution in [0.25, 0.3) is 0 Å². The quantitative estimate of drug-likeness (QED) is 0.847. The number of ether oxygens (including phenoxy) is 1. The third-order valence-electron chi connectivity index (χ3n) is 5.49. The first kappa shape index (κ1) is 17.2. The maximum absolute atomic E-state index is 12.7. The van der Waals surface area contributed by atoms with E-state index >= 15 is 0 Å². The zero-order valence-electron chi connectivity index (χ0n) is 15.2. The van der Waals surface area contributed by atoms with Gasteiger partial charge in [0.1, 0.15) is 5.76 Å². The van der Waals surface area contributed by atoms with E-state index in [1.807, 2.05) is 30.2 Å². The van der Waals surface area contributed by atoms with Gasteiger partial charge in [-0.05, 0) is 38.0 Å². The molecule has 4 rings (SSSR count). The van der Waals surface area contributed by atoms with Crippen LogP contribution >= 0.6 is 0 Å². The van der Waals surface area contributed by atoms with Gasteiger partial charge in [-0.25, -0.2) is 0 Å². The van der Waals surface area contributed by atoms with Gasteiger partial charge >= 0.3 is 0 Å². The summed E-state index contributed by atoms with van der Waals surface area (Å²) in [7, 11) is 0. The minimum absolute atomic E-state index is 0.0623. The number of morpholine rings is 1. The third kappa shape index (κ3) is 3.52. The number of carbonyl (C=O) groups excluding carboxylic acids is 1. The molecule has 2 fully saturated rings. The number of likely N-dealkylation sites (tertiary alicyclic amines) is 1. The van der Waals surface area contributed by atoms with Crippen molar-refractivity contribution in [2.24, 2.45) is 0 Å². The Hall–Kier alpha value is -2.18. The highest BCUT2D eigenvalue weighted by Gasteiger charge is 2.41. The van der Waals surface area contributed by atoms with Gasteiger partial charge < -0.3 is 14.1 Å². The smallest absolute Gasteiger partial charge is 0.257 e. The topological polar surface area (TPSA) is 58.8 Å². The van der Waals surface area contributed by atoms with Crippen LogP contribution in [0.1, 0.15) is 34.7 Å². The Balaban J connectivity index is 1.37. The number of aromatic nitrogens is 1. The summed E-state index contributed by atoms with van der Waals surface area (Å²) in [6.07, 6.45) is 5.16. The molecule has 26 heavy (non-hydrogen) atoms. The van der Waals surface area contributed by atoms with E-state index in [1.165, 1.54) is 0 Å². The van der Waals surface area contributed by atoms with Crippen molar-refractivity contribution in [3.05, 3.63) is 53.7 Å². The SMILES string of the molecule is Cc1occc1C(=O)N1CCC2(CC1)CN(Cc1ccccn1)CCO2. The third-order valence-corrected chi connectivity index (χ3v) is 5.49. The predicted molar refractivity (Wildman–Crippen MR) is 96.8 cm³/mol. The summed E-state index contributed by atoms with van der Waals surface area (Å²) in [6, 6.07) is 7.80. The van der Waals surface area contributed by atoms with Crippen molar-refractivity contribution < 1.29 is 13.9 Å². The molecule has 1 spiro atoms. The van der Waals surface area contributed by atoms with Crippen molar-refractivity contribution >= 4 is 5.91 Å². The van der Waals surface area contributed by atoms with E-state index in [9.17, 15) is 4.79 Å². The molecule has 2 aromatic rings. The second kappa shape index (κ2) is 7.21. The van der Waals surface area contributed by atoms with Crippen LogP contribution in [-0.2, 0) is 11.3 Å². The van der Waals surface area contributed by atoms with Gasteiger partial charge in [-0.15, -0.1) is 0 Å². The molecule has 2 aromatic heterocycles. The first-order valence-corrected chi connectivity index (χ1v) is 9.25. The summed E-state index contributed by atoms with van der Waals surface area (Å²) >= 11 is 0. The first-order chi connectivity index (χ1) is 12.7. The van der Waals surface area contributed by atoms with Gasteiger partial charge in [0.15, 0.2) is 0 Å². The number of furan rings is 1. The number of piperidine rings is 1. The van der Waals surface area contributed by atoms with Crippen molar-refractivity contribution in [2.45, 2.75) is 31.9 Å². The van der Waals surface area contributed by atoms with E-state index < -0.39 is 0 Å². The fourth-order valence-corrected chi connectivity index (χ4v) is 3.98. The molecule has 0 atom stereocenters. The van der Waals surface area contributed by atoms with Crippen molar-refractivity contribution in [3.8, 4) is 0 Å².